The summed E-state index contributed by atoms with van der Waals surface area (Å²) in [5.74, 6) is 0.0245. The summed E-state index contributed by atoms with van der Waals surface area (Å²) in [7, 11) is 0. The van der Waals surface area contributed by atoms with Crippen LogP contribution in [0.4, 0.5) is 4.39 Å². The van der Waals surface area contributed by atoms with Gasteiger partial charge in [-0.05, 0) is 54.8 Å². The van der Waals surface area contributed by atoms with Crippen LogP contribution in [0.3, 0.4) is 0 Å². The number of nitrogens with zero attached hydrogens (tertiary/aromatic N) is 1. The molecule has 0 unspecified atom stereocenters. The Hall–Kier alpha value is -3.67. The van der Waals surface area contributed by atoms with E-state index in [-0.39, 0.29) is 30.3 Å². The second-order valence-corrected chi connectivity index (χ2v) is 7.82. The van der Waals surface area contributed by atoms with Crippen LogP contribution < -0.4 is 10.1 Å². The molecule has 2 amide bonds. The third-order valence-electron chi connectivity index (χ3n) is 5.58. The lowest BCUT2D eigenvalue weighted by Gasteiger charge is -2.32. The topological polar surface area (TPSA) is 58.6 Å². The highest BCUT2D eigenvalue weighted by molar-refractivity contribution is 5.97. The fourth-order valence-corrected chi connectivity index (χ4v) is 3.77. The van der Waals surface area contributed by atoms with E-state index in [1.165, 1.54) is 12.1 Å². The molecule has 1 saturated heterocycles. The number of carbonyl (C=O) groups is 2. The first kappa shape index (κ1) is 21.6. The van der Waals surface area contributed by atoms with Gasteiger partial charge in [0.1, 0.15) is 18.2 Å². The Morgan fingerprint density at radius 3 is 2.28 bits per heavy atom. The number of carbonyl (C=O) groups excluding carboxylic acids is 2. The molecular weight excluding hydrogens is 407 g/mol. The van der Waals surface area contributed by atoms with E-state index >= 15 is 0 Å². The van der Waals surface area contributed by atoms with Crippen molar-refractivity contribution in [2.24, 2.45) is 0 Å². The highest BCUT2D eigenvalue weighted by Crippen LogP contribution is 2.23. The molecular formula is C26H25FN2O3. The van der Waals surface area contributed by atoms with Gasteiger partial charge < -0.3 is 15.0 Å². The molecule has 0 atom stereocenters. The molecule has 0 bridgehead atoms. The van der Waals surface area contributed by atoms with Gasteiger partial charge in [-0.15, -0.1) is 0 Å². The number of benzene rings is 3. The third-order valence-corrected chi connectivity index (χ3v) is 5.58. The van der Waals surface area contributed by atoms with Gasteiger partial charge in [-0.25, -0.2) is 4.39 Å². The summed E-state index contributed by atoms with van der Waals surface area (Å²) in [5, 5.41) is 3.06. The first-order valence-corrected chi connectivity index (χ1v) is 10.7. The summed E-state index contributed by atoms with van der Waals surface area (Å²) in [5.41, 5.74) is 1.96. The normalized spacial score (nSPS) is 14.1. The zero-order chi connectivity index (χ0) is 22.3. The summed E-state index contributed by atoms with van der Waals surface area (Å²) in [4.78, 5) is 27.3. The number of halogens is 1. The number of hydrogen-bond acceptors (Lipinski definition) is 3. The molecule has 4 rings (SSSR count). The second-order valence-electron chi connectivity index (χ2n) is 7.82. The van der Waals surface area contributed by atoms with Crippen molar-refractivity contribution in [3.05, 3.63) is 101 Å². The molecule has 5 nitrogen and oxygen atoms in total. The van der Waals surface area contributed by atoms with Crippen molar-refractivity contribution in [1.82, 2.24) is 10.2 Å². The van der Waals surface area contributed by atoms with E-state index in [4.69, 9.17) is 4.74 Å². The standard InChI is InChI=1S/C26H25FN2O3/c27-21-12-10-19(11-13-21)18-32-24-9-5-4-8-23(24)26(31)29-16-14-22(15-17-29)28-25(30)20-6-2-1-3-7-20/h1-13,22H,14-18H2,(H,28,30). The molecule has 1 aliphatic rings. The lowest BCUT2D eigenvalue weighted by molar-refractivity contribution is 0.0693. The predicted octanol–water partition coefficient (Wildman–Crippen LogP) is 4.44. The lowest BCUT2D eigenvalue weighted by atomic mass is 10.0. The van der Waals surface area contributed by atoms with Gasteiger partial charge in [0, 0.05) is 24.7 Å². The molecule has 0 radical (unpaired) electrons. The van der Waals surface area contributed by atoms with Crippen molar-refractivity contribution >= 4 is 11.8 Å². The maximum Gasteiger partial charge on any atom is 0.257 e. The van der Waals surface area contributed by atoms with E-state index in [2.05, 4.69) is 5.32 Å². The number of ether oxygens (including phenoxy) is 1. The SMILES string of the molecule is O=C(NC1CCN(C(=O)c2ccccc2OCc2ccc(F)cc2)CC1)c1ccccc1. The van der Waals surface area contributed by atoms with E-state index in [1.807, 2.05) is 30.3 Å². The van der Waals surface area contributed by atoms with Gasteiger partial charge in [0.15, 0.2) is 0 Å². The molecule has 1 fully saturated rings. The van der Waals surface area contributed by atoms with Crippen LogP contribution >= 0.6 is 0 Å². The van der Waals surface area contributed by atoms with Gasteiger partial charge in [0.05, 0.1) is 5.56 Å². The minimum atomic E-state index is -0.298. The van der Waals surface area contributed by atoms with Gasteiger partial charge >= 0.3 is 0 Å². The van der Waals surface area contributed by atoms with E-state index < -0.39 is 0 Å². The first-order chi connectivity index (χ1) is 15.6. The molecule has 1 heterocycles. The second kappa shape index (κ2) is 10.1. The maximum atomic E-state index is 13.1. The molecule has 6 heteroatoms. The molecule has 164 valence electrons. The smallest absolute Gasteiger partial charge is 0.257 e. The Balaban J connectivity index is 1.34. The average Bonchev–Trinajstić information content (AvgIpc) is 2.84. The van der Waals surface area contributed by atoms with Crippen molar-refractivity contribution in [2.75, 3.05) is 13.1 Å². The maximum absolute atomic E-state index is 13.1. The number of nitrogens with one attached hydrogen (secondary N) is 1. The van der Waals surface area contributed by atoms with Gasteiger partial charge in [-0.3, -0.25) is 9.59 Å². The average molecular weight is 432 g/mol. The fourth-order valence-electron chi connectivity index (χ4n) is 3.77. The zero-order valence-corrected chi connectivity index (χ0v) is 17.7. The summed E-state index contributed by atoms with van der Waals surface area (Å²) < 4.78 is 19.0. The van der Waals surface area contributed by atoms with Crippen LogP contribution in [-0.2, 0) is 6.61 Å². The summed E-state index contributed by atoms with van der Waals surface area (Å²) in [6.07, 6.45) is 1.39. The van der Waals surface area contributed by atoms with E-state index in [9.17, 15) is 14.0 Å². The fraction of sp³-hybridized carbons (Fsp3) is 0.231. The minimum Gasteiger partial charge on any atom is -0.488 e. The van der Waals surface area contributed by atoms with Crippen molar-refractivity contribution in [2.45, 2.75) is 25.5 Å². The highest BCUT2D eigenvalue weighted by Gasteiger charge is 2.26. The Kier molecular flexibility index (Phi) is 6.80. The molecule has 1 N–H and O–H groups in total. The van der Waals surface area contributed by atoms with Crippen LogP contribution in [0.2, 0.25) is 0 Å². The quantitative estimate of drug-likeness (QED) is 0.627. The summed E-state index contributed by atoms with van der Waals surface area (Å²) >= 11 is 0. The van der Waals surface area contributed by atoms with Crippen LogP contribution in [0.15, 0.2) is 78.9 Å². The molecule has 3 aromatic rings. The highest BCUT2D eigenvalue weighted by atomic mass is 19.1. The van der Waals surface area contributed by atoms with E-state index in [1.54, 1.807) is 41.3 Å². The number of likely N-dealkylation sites (tertiary alicyclic amines) is 1. The van der Waals surface area contributed by atoms with E-state index in [0.29, 0.717) is 42.8 Å². The van der Waals surface area contributed by atoms with Crippen LogP contribution in [0.25, 0.3) is 0 Å². The largest absolute Gasteiger partial charge is 0.488 e. The van der Waals surface area contributed by atoms with Crippen LogP contribution in [0.5, 0.6) is 5.75 Å². The molecule has 3 aromatic carbocycles. The van der Waals surface area contributed by atoms with Crippen LogP contribution in [-0.4, -0.2) is 35.8 Å². The molecule has 32 heavy (non-hydrogen) atoms. The molecule has 0 aliphatic carbocycles. The lowest BCUT2D eigenvalue weighted by Crippen LogP contribution is -2.46. The number of para-hydroxylation sites is 1. The van der Waals surface area contributed by atoms with Crippen LogP contribution in [0.1, 0.15) is 39.1 Å². The van der Waals surface area contributed by atoms with Crippen LogP contribution in [0, 0.1) is 5.82 Å². The van der Waals surface area contributed by atoms with Crippen molar-refractivity contribution in [1.29, 1.82) is 0 Å². The van der Waals surface area contributed by atoms with E-state index in [0.717, 1.165) is 5.56 Å². The van der Waals surface area contributed by atoms with Crippen molar-refractivity contribution < 1.29 is 18.7 Å². The van der Waals surface area contributed by atoms with Gasteiger partial charge in [-0.2, -0.15) is 0 Å². The Morgan fingerprint density at radius 2 is 1.56 bits per heavy atom. The van der Waals surface area contributed by atoms with Crippen molar-refractivity contribution in [3.63, 3.8) is 0 Å². The molecule has 0 saturated carbocycles. The summed E-state index contributed by atoms with van der Waals surface area (Å²) in [6, 6.07) is 22.4. The number of piperidine rings is 1. The van der Waals surface area contributed by atoms with Gasteiger partial charge in [0.25, 0.3) is 11.8 Å². The minimum absolute atomic E-state index is 0.0386. The molecule has 1 aliphatic heterocycles. The first-order valence-electron chi connectivity index (χ1n) is 10.7. The van der Waals surface area contributed by atoms with Crippen molar-refractivity contribution in [3.8, 4) is 5.75 Å². The van der Waals surface area contributed by atoms with Gasteiger partial charge in [-0.1, -0.05) is 42.5 Å². The van der Waals surface area contributed by atoms with Gasteiger partial charge in [0.2, 0.25) is 0 Å². The Morgan fingerprint density at radius 1 is 0.906 bits per heavy atom. The Labute approximate surface area is 186 Å². The number of rotatable bonds is 6. The number of amides is 2. The third kappa shape index (κ3) is 5.32. The Bertz CT molecular complexity index is 1060. The summed E-state index contributed by atoms with van der Waals surface area (Å²) in [6.45, 7) is 1.37. The molecule has 0 aromatic heterocycles. The zero-order valence-electron chi connectivity index (χ0n) is 17.7. The monoisotopic (exact) mass is 432 g/mol. The molecule has 0 spiro atoms. The number of hydrogen-bond donors (Lipinski definition) is 1. The predicted molar refractivity (Wildman–Crippen MR) is 120 cm³/mol.